The van der Waals surface area contributed by atoms with Gasteiger partial charge in [-0.2, -0.15) is 0 Å². The average molecular weight is 355 g/mol. The van der Waals surface area contributed by atoms with Crippen molar-refractivity contribution in [3.63, 3.8) is 0 Å². The summed E-state index contributed by atoms with van der Waals surface area (Å²) in [6.07, 6.45) is 0.682. The zero-order valence-corrected chi connectivity index (χ0v) is 15.7. The van der Waals surface area contributed by atoms with E-state index >= 15 is 0 Å². The van der Waals surface area contributed by atoms with Gasteiger partial charge in [-0.3, -0.25) is 4.79 Å². The predicted octanol–water partition coefficient (Wildman–Crippen LogP) is 4.20. The largest absolute Gasteiger partial charge is 0.441 e. The quantitative estimate of drug-likeness (QED) is 0.548. The monoisotopic (exact) mass is 355 g/mol. The van der Waals surface area contributed by atoms with E-state index in [1.54, 1.807) is 0 Å². The normalized spacial score (nSPS) is 11.0. The van der Waals surface area contributed by atoms with Gasteiger partial charge in [0, 0.05) is 22.6 Å². The molecule has 0 spiro atoms. The highest BCUT2D eigenvalue weighted by Gasteiger charge is 2.14. The van der Waals surface area contributed by atoms with Crippen molar-refractivity contribution >= 4 is 11.8 Å². The third-order valence-electron chi connectivity index (χ3n) is 4.17. The molecule has 6 heteroatoms. The van der Waals surface area contributed by atoms with Gasteiger partial charge >= 0.3 is 0 Å². The van der Waals surface area contributed by atoms with E-state index in [9.17, 15) is 4.79 Å². The van der Waals surface area contributed by atoms with Crippen molar-refractivity contribution in [2.45, 2.75) is 45.0 Å². The molecule has 0 atom stereocenters. The highest BCUT2D eigenvalue weighted by atomic mass is 32.2. The molecule has 130 valence electrons. The second-order valence-corrected chi connectivity index (χ2v) is 6.88. The van der Waals surface area contributed by atoms with Crippen LogP contribution in [-0.4, -0.2) is 15.0 Å². The molecular formula is C19H21N3O2S. The Kier molecular flexibility index (Phi) is 5.08. The first-order valence-electron chi connectivity index (χ1n) is 8.24. The summed E-state index contributed by atoms with van der Waals surface area (Å²) >= 11 is 1.46. The van der Waals surface area contributed by atoms with Crippen molar-refractivity contribution in [3.8, 4) is 11.5 Å². The summed E-state index contributed by atoms with van der Waals surface area (Å²) in [6.45, 7) is 7.77. The lowest BCUT2D eigenvalue weighted by atomic mass is 10.1. The maximum absolute atomic E-state index is 12.1. The molecule has 3 rings (SSSR count). The van der Waals surface area contributed by atoms with Crippen molar-refractivity contribution in [3.05, 3.63) is 62.9 Å². The zero-order chi connectivity index (χ0) is 18.0. The van der Waals surface area contributed by atoms with Crippen molar-refractivity contribution < 1.29 is 4.42 Å². The first kappa shape index (κ1) is 17.5. The first-order valence-corrected chi connectivity index (χ1v) is 9.23. The molecule has 0 unspecified atom stereocenters. The number of nitrogens with zero attached hydrogens (tertiary/aromatic N) is 2. The van der Waals surface area contributed by atoms with Gasteiger partial charge in [0.15, 0.2) is 5.16 Å². The van der Waals surface area contributed by atoms with Crippen LogP contribution in [0, 0.1) is 20.8 Å². The van der Waals surface area contributed by atoms with E-state index < -0.39 is 0 Å². The van der Waals surface area contributed by atoms with Gasteiger partial charge in [0.2, 0.25) is 5.89 Å². The number of oxazole rings is 1. The second-order valence-electron chi connectivity index (χ2n) is 5.91. The third kappa shape index (κ3) is 3.69. The van der Waals surface area contributed by atoms with Gasteiger partial charge in [-0.15, -0.1) is 0 Å². The number of rotatable bonds is 5. The fourth-order valence-corrected chi connectivity index (χ4v) is 3.60. The lowest BCUT2D eigenvalue weighted by Crippen LogP contribution is -2.16. The summed E-state index contributed by atoms with van der Waals surface area (Å²) in [5.41, 5.74) is 4.45. The first-order chi connectivity index (χ1) is 12.0. The molecule has 5 nitrogen and oxygen atoms in total. The number of aryl methyl sites for hydroxylation is 3. The number of hydrogen-bond donors (Lipinski definition) is 1. The molecule has 2 aromatic heterocycles. The molecule has 1 N–H and O–H groups in total. The summed E-state index contributed by atoms with van der Waals surface area (Å²) in [7, 11) is 0. The van der Waals surface area contributed by atoms with Crippen LogP contribution in [0.25, 0.3) is 11.5 Å². The molecule has 1 aromatic carbocycles. The van der Waals surface area contributed by atoms with Crippen LogP contribution in [0.15, 0.2) is 38.6 Å². The van der Waals surface area contributed by atoms with E-state index in [0.717, 1.165) is 33.8 Å². The maximum Gasteiger partial charge on any atom is 0.254 e. The Morgan fingerprint density at radius 3 is 2.60 bits per heavy atom. The SMILES string of the molecule is CCc1c(C)nc(SCc2nc(-c3ccccc3C)oc2C)[nH]c1=O. The Balaban J connectivity index is 1.81. The fourth-order valence-electron chi connectivity index (χ4n) is 2.70. The number of nitrogens with one attached hydrogen (secondary N) is 1. The van der Waals surface area contributed by atoms with Crippen molar-refractivity contribution in [2.75, 3.05) is 0 Å². The minimum atomic E-state index is -0.0602. The number of aromatic nitrogens is 3. The molecule has 0 aliphatic heterocycles. The minimum absolute atomic E-state index is 0.0602. The molecule has 0 aliphatic carbocycles. The molecule has 0 saturated heterocycles. The molecule has 2 heterocycles. The average Bonchev–Trinajstić information content (AvgIpc) is 2.94. The molecule has 3 aromatic rings. The van der Waals surface area contributed by atoms with Crippen LogP contribution in [-0.2, 0) is 12.2 Å². The van der Waals surface area contributed by atoms with Gasteiger partial charge in [0.25, 0.3) is 5.56 Å². The topological polar surface area (TPSA) is 71.8 Å². The summed E-state index contributed by atoms with van der Waals surface area (Å²) in [5.74, 6) is 2.01. The number of hydrogen-bond acceptors (Lipinski definition) is 5. The van der Waals surface area contributed by atoms with Gasteiger partial charge in [0.05, 0.1) is 5.69 Å². The highest BCUT2D eigenvalue weighted by Crippen LogP contribution is 2.27. The van der Waals surface area contributed by atoms with E-state index in [2.05, 4.69) is 15.0 Å². The Hall–Kier alpha value is -2.34. The third-order valence-corrected chi connectivity index (χ3v) is 5.05. The molecule has 0 aliphatic rings. The molecule has 0 bridgehead atoms. The Morgan fingerprint density at radius 1 is 1.16 bits per heavy atom. The second kappa shape index (κ2) is 7.27. The van der Waals surface area contributed by atoms with Crippen LogP contribution in [0.2, 0.25) is 0 Å². The summed E-state index contributed by atoms with van der Waals surface area (Å²) in [5, 5.41) is 0.611. The van der Waals surface area contributed by atoms with E-state index in [0.29, 0.717) is 23.2 Å². The highest BCUT2D eigenvalue weighted by molar-refractivity contribution is 7.98. The Bertz CT molecular complexity index is 960. The van der Waals surface area contributed by atoms with Crippen molar-refractivity contribution in [1.82, 2.24) is 15.0 Å². The van der Waals surface area contributed by atoms with E-state index in [1.165, 1.54) is 11.8 Å². The molecule has 0 amide bonds. The van der Waals surface area contributed by atoms with Crippen molar-refractivity contribution in [2.24, 2.45) is 0 Å². The van der Waals surface area contributed by atoms with Gasteiger partial charge < -0.3 is 9.40 Å². The van der Waals surface area contributed by atoms with E-state index in [1.807, 2.05) is 52.0 Å². The van der Waals surface area contributed by atoms with Gasteiger partial charge in [-0.05, 0) is 38.8 Å². The van der Waals surface area contributed by atoms with Crippen LogP contribution in [0.5, 0.6) is 0 Å². The van der Waals surface area contributed by atoms with Crippen LogP contribution < -0.4 is 5.56 Å². The molecule has 0 fully saturated rings. The number of thioether (sulfide) groups is 1. The Morgan fingerprint density at radius 2 is 1.92 bits per heavy atom. The van der Waals surface area contributed by atoms with Crippen LogP contribution in [0.1, 0.15) is 35.2 Å². The van der Waals surface area contributed by atoms with Crippen LogP contribution >= 0.6 is 11.8 Å². The smallest absolute Gasteiger partial charge is 0.254 e. The summed E-state index contributed by atoms with van der Waals surface area (Å²) in [6, 6.07) is 8.01. The number of aromatic amines is 1. The van der Waals surface area contributed by atoms with Gasteiger partial charge in [0.1, 0.15) is 5.76 Å². The van der Waals surface area contributed by atoms with E-state index in [4.69, 9.17) is 4.42 Å². The van der Waals surface area contributed by atoms with E-state index in [-0.39, 0.29) is 5.56 Å². The minimum Gasteiger partial charge on any atom is -0.441 e. The van der Waals surface area contributed by atoms with Crippen LogP contribution in [0.4, 0.5) is 0 Å². The molecule has 0 radical (unpaired) electrons. The fraction of sp³-hybridized carbons (Fsp3) is 0.316. The van der Waals surface area contributed by atoms with Gasteiger partial charge in [-0.1, -0.05) is 36.9 Å². The summed E-state index contributed by atoms with van der Waals surface area (Å²) in [4.78, 5) is 24.0. The maximum atomic E-state index is 12.1. The lowest BCUT2D eigenvalue weighted by molar-refractivity contribution is 0.540. The summed E-state index contributed by atoms with van der Waals surface area (Å²) < 4.78 is 5.84. The van der Waals surface area contributed by atoms with Gasteiger partial charge in [-0.25, -0.2) is 9.97 Å². The molecule has 0 saturated carbocycles. The molecular weight excluding hydrogens is 334 g/mol. The predicted molar refractivity (Wildman–Crippen MR) is 99.9 cm³/mol. The Labute approximate surface area is 150 Å². The molecule has 25 heavy (non-hydrogen) atoms. The van der Waals surface area contributed by atoms with Crippen LogP contribution in [0.3, 0.4) is 0 Å². The number of H-pyrrole nitrogens is 1. The number of benzene rings is 1. The zero-order valence-electron chi connectivity index (χ0n) is 14.8. The standard InChI is InChI=1S/C19H21N3O2S/c1-5-14-12(3)20-19(22-17(14)23)25-10-16-13(4)24-18(21-16)15-9-7-6-8-11(15)2/h6-9H,5,10H2,1-4H3,(H,20,22,23). The van der Waals surface area contributed by atoms with Crippen molar-refractivity contribution in [1.29, 1.82) is 0 Å². The lowest BCUT2D eigenvalue weighted by Gasteiger charge is -2.04.